The number of anilines is 1. The summed E-state index contributed by atoms with van der Waals surface area (Å²) in [6.07, 6.45) is 1.20. The Morgan fingerprint density at radius 3 is 2.75 bits per heavy atom. The quantitative estimate of drug-likeness (QED) is 0.846. The van der Waals surface area contributed by atoms with Crippen molar-refractivity contribution in [3.8, 4) is 0 Å². The minimum absolute atomic E-state index is 0.627. The minimum atomic E-state index is 0.627. The van der Waals surface area contributed by atoms with Crippen LogP contribution in [-0.2, 0) is 6.54 Å². The zero-order chi connectivity index (χ0) is 14.5. The van der Waals surface area contributed by atoms with E-state index in [0.29, 0.717) is 12.6 Å². The number of nitrogens with two attached hydrogens (primary N) is 1. The molecule has 2 N–H and O–H groups in total. The van der Waals surface area contributed by atoms with Crippen LogP contribution < -0.4 is 10.6 Å². The van der Waals surface area contributed by atoms with Crippen LogP contribution in [0.15, 0.2) is 23.1 Å². The van der Waals surface area contributed by atoms with Crippen LogP contribution in [0.1, 0.15) is 25.8 Å². The highest BCUT2D eigenvalue weighted by Crippen LogP contribution is 2.31. The largest absolute Gasteiger partial charge is 0.368 e. The lowest BCUT2D eigenvalue weighted by Crippen LogP contribution is -2.51. The minimum Gasteiger partial charge on any atom is -0.368 e. The average molecular weight is 293 g/mol. The van der Waals surface area contributed by atoms with Gasteiger partial charge in [-0.15, -0.1) is 11.8 Å². The third-order valence-electron chi connectivity index (χ3n) is 4.20. The van der Waals surface area contributed by atoms with E-state index < -0.39 is 0 Å². The van der Waals surface area contributed by atoms with Crippen molar-refractivity contribution in [2.45, 2.75) is 37.8 Å². The van der Waals surface area contributed by atoms with Crippen LogP contribution in [0.2, 0.25) is 0 Å². The summed E-state index contributed by atoms with van der Waals surface area (Å²) in [7, 11) is 2.23. The first-order valence-corrected chi connectivity index (χ1v) is 8.59. The molecule has 1 unspecified atom stereocenters. The predicted octanol–water partition coefficient (Wildman–Crippen LogP) is 2.79. The number of piperazine rings is 1. The Morgan fingerprint density at radius 2 is 2.10 bits per heavy atom. The van der Waals surface area contributed by atoms with Gasteiger partial charge in [-0.3, -0.25) is 4.90 Å². The van der Waals surface area contributed by atoms with Gasteiger partial charge < -0.3 is 10.6 Å². The summed E-state index contributed by atoms with van der Waals surface area (Å²) in [6.45, 7) is 8.44. The molecule has 0 bridgehead atoms. The molecule has 1 aliphatic heterocycles. The first kappa shape index (κ1) is 15.7. The van der Waals surface area contributed by atoms with Crippen molar-refractivity contribution in [2.75, 3.05) is 37.3 Å². The summed E-state index contributed by atoms with van der Waals surface area (Å²) < 4.78 is 0. The second-order valence-electron chi connectivity index (χ2n) is 5.38. The van der Waals surface area contributed by atoms with Gasteiger partial charge in [-0.1, -0.05) is 19.9 Å². The second kappa shape index (κ2) is 7.34. The second-order valence-corrected chi connectivity index (χ2v) is 6.69. The highest BCUT2D eigenvalue weighted by molar-refractivity contribution is 7.99. The monoisotopic (exact) mass is 293 g/mol. The molecule has 0 amide bonds. The Morgan fingerprint density at radius 1 is 1.30 bits per heavy atom. The van der Waals surface area contributed by atoms with Gasteiger partial charge in [0.15, 0.2) is 0 Å². The molecule has 1 fully saturated rings. The number of nitrogens with zero attached hydrogens (tertiary/aromatic N) is 2. The summed E-state index contributed by atoms with van der Waals surface area (Å²) in [5, 5.41) is 0. The molecule has 1 heterocycles. The fraction of sp³-hybridized carbons (Fsp3) is 0.625. The molecule has 0 radical (unpaired) electrons. The molecule has 20 heavy (non-hydrogen) atoms. The van der Waals surface area contributed by atoms with E-state index >= 15 is 0 Å². The fourth-order valence-corrected chi connectivity index (χ4v) is 3.80. The SMILES string of the molecule is CCSc1cccc(N2CCN(C)C(CC)C2)c1CN. The lowest BCUT2D eigenvalue weighted by molar-refractivity contribution is 0.213. The van der Waals surface area contributed by atoms with E-state index in [4.69, 9.17) is 5.73 Å². The molecule has 0 aliphatic carbocycles. The van der Waals surface area contributed by atoms with E-state index in [9.17, 15) is 0 Å². The third-order valence-corrected chi connectivity index (χ3v) is 5.18. The van der Waals surface area contributed by atoms with Gasteiger partial charge in [0.05, 0.1) is 0 Å². The molecule has 0 saturated carbocycles. The Hall–Kier alpha value is -0.710. The lowest BCUT2D eigenvalue weighted by Gasteiger charge is -2.41. The average Bonchev–Trinajstić information content (AvgIpc) is 2.48. The van der Waals surface area contributed by atoms with Crippen molar-refractivity contribution in [3.05, 3.63) is 23.8 Å². The van der Waals surface area contributed by atoms with Crippen molar-refractivity contribution in [1.82, 2.24) is 4.90 Å². The van der Waals surface area contributed by atoms with Crippen molar-refractivity contribution in [2.24, 2.45) is 5.73 Å². The molecule has 1 aromatic rings. The van der Waals surface area contributed by atoms with E-state index in [1.165, 1.54) is 22.6 Å². The molecule has 3 nitrogen and oxygen atoms in total. The maximum atomic E-state index is 6.03. The maximum absolute atomic E-state index is 6.03. The first-order chi connectivity index (χ1) is 9.71. The van der Waals surface area contributed by atoms with Crippen LogP contribution in [0.4, 0.5) is 5.69 Å². The number of rotatable bonds is 5. The summed E-state index contributed by atoms with van der Waals surface area (Å²) in [5.41, 5.74) is 8.70. The van der Waals surface area contributed by atoms with Gasteiger partial charge in [-0.05, 0) is 31.4 Å². The predicted molar refractivity (Wildman–Crippen MR) is 89.7 cm³/mol. The van der Waals surface area contributed by atoms with Crippen molar-refractivity contribution < 1.29 is 0 Å². The van der Waals surface area contributed by atoms with Gasteiger partial charge in [-0.25, -0.2) is 0 Å². The highest BCUT2D eigenvalue weighted by atomic mass is 32.2. The van der Waals surface area contributed by atoms with Crippen LogP contribution in [0.3, 0.4) is 0 Å². The molecule has 2 rings (SSSR count). The number of thioether (sulfide) groups is 1. The summed E-state index contributed by atoms with van der Waals surface area (Å²) in [5.74, 6) is 1.09. The molecular weight excluding hydrogens is 266 g/mol. The highest BCUT2D eigenvalue weighted by Gasteiger charge is 2.24. The van der Waals surface area contributed by atoms with Gasteiger partial charge >= 0.3 is 0 Å². The van der Waals surface area contributed by atoms with Gasteiger partial charge in [0, 0.05) is 48.4 Å². The first-order valence-electron chi connectivity index (χ1n) is 7.61. The van der Waals surface area contributed by atoms with E-state index in [2.05, 4.69) is 48.9 Å². The molecule has 1 saturated heterocycles. The van der Waals surface area contributed by atoms with Gasteiger partial charge in [-0.2, -0.15) is 0 Å². The number of likely N-dealkylation sites (N-methyl/N-ethyl adjacent to an activating group) is 1. The van der Waals surface area contributed by atoms with E-state index in [1.807, 2.05) is 11.8 Å². The van der Waals surface area contributed by atoms with E-state index in [1.54, 1.807) is 0 Å². The van der Waals surface area contributed by atoms with Gasteiger partial charge in [0.25, 0.3) is 0 Å². The van der Waals surface area contributed by atoms with Gasteiger partial charge in [0.2, 0.25) is 0 Å². The molecule has 0 spiro atoms. The van der Waals surface area contributed by atoms with E-state index in [-0.39, 0.29) is 0 Å². The molecule has 1 aromatic carbocycles. The topological polar surface area (TPSA) is 32.5 Å². The molecular formula is C16H27N3S. The molecule has 0 aromatic heterocycles. The van der Waals surface area contributed by atoms with Crippen LogP contribution in [0, 0.1) is 0 Å². The van der Waals surface area contributed by atoms with E-state index in [0.717, 1.165) is 25.4 Å². The number of hydrogen-bond donors (Lipinski definition) is 1. The van der Waals surface area contributed by atoms with Crippen molar-refractivity contribution >= 4 is 17.4 Å². The zero-order valence-corrected chi connectivity index (χ0v) is 13.7. The van der Waals surface area contributed by atoms with Gasteiger partial charge in [0.1, 0.15) is 0 Å². The summed E-state index contributed by atoms with van der Waals surface area (Å²) in [4.78, 5) is 6.35. The smallest absolute Gasteiger partial charge is 0.0424 e. The molecule has 112 valence electrons. The van der Waals surface area contributed by atoms with Crippen LogP contribution in [0.5, 0.6) is 0 Å². The standard InChI is InChI=1S/C16H27N3S/c1-4-13-12-19(10-9-18(13)3)15-7-6-8-16(20-5-2)14(15)11-17/h6-8,13H,4-5,9-12,17H2,1-3H3. The number of hydrogen-bond acceptors (Lipinski definition) is 4. The lowest BCUT2D eigenvalue weighted by atomic mass is 10.1. The Balaban J connectivity index is 2.25. The van der Waals surface area contributed by atoms with Crippen LogP contribution >= 0.6 is 11.8 Å². The summed E-state index contributed by atoms with van der Waals surface area (Å²) in [6, 6.07) is 7.26. The molecule has 1 aliphatic rings. The normalized spacial score (nSPS) is 20.4. The number of benzene rings is 1. The van der Waals surface area contributed by atoms with Crippen LogP contribution in [0.25, 0.3) is 0 Å². The maximum Gasteiger partial charge on any atom is 0.0424 e. The zero-order valence-electron chi connectivity index (χ0n) is 12.9. The summed E-state index contributed by atoms with van der Waals surface area (Å²) >= 11 is 1.89. The Labute approximate surface area is 127 Å². The van der Waals surface area contributed by atoms with Crippen LogP contribution in [-0.4, -0.2) is 43.4 Å². The van der Waals surface area contributed by atoms with Crippen molar-refractivity contribution in [1.29, 1.82) is 0 Å². The Kier molecular flexibility index (Phi) is 5.75. The third kappa shape index (κ3) is 3.30. The molecule has 1 atom stereocenters. The van der Waals surface area contributed by atoms with Crippen molar-refractivity contribution in [3.63, 3.8) is 0 Å². The molecule has 4 heteroatoms. The fourth-order valence-electron chi connectivity index (χ4n) is 2.95. The Bertz CT molecular complexity index is 436.